The van der Waals surface area contributed by atoms with Crippen molar-refractivity contribution in [3.05, 3.63) is 58.1 Å². The van der Waals surface area contributed by atoms with Crippen LogP contribution < -0.4 is 10.6 Å². The molecule has 0 spiro atoms. The van der Waals surface area contributed by atoms with E-state index in [9.17, 15) is 4.79 Å². The Bertz CT molecular complexity index is 644. The highest BCUT2D eigenvalue weighted by molar-refractivity contribution is 6.36. The molecule has 2 aromatic rings. The quantitative estimate of drug-likeness (QED) is 0.844. The van der Waals surface area contributed by atoms with Crippen LogP contribution in [0.1, 0.15) is 12.5 Å². The summed E-state index contributed by atoms with van der Waals surface area (Å²) in [5.41, 5.74) is 2.70. The Morgan fingerprint density at radius 1 is 1.10 bits per heavy atom. The zero-order valence-corrected chi connectivity index (χ0v) is 13.1. The van der Waals surface area contributed by atoms with Crippen LogP contribution >= 0.6 is 23.2 Å². The van der Waals surface area contributed by atoms with Crippen molar-refractivity contribution in [2.24, 2.45) is 0 Å². The van der Waals surface area contributed by atoms with Gasteiger partial charge in [-0.05, 0) is 36.2 Å². The summed E-state index contributed by atoms with van der Waals surface area (Å²) >= 11 is 11.8. The lowest BCUT2D eigenvalue weighted by Gasteiger charge is -2.11. The second kappa shape index (κ2) is 7.34. The van der Waals surface area contributed by atoms with Gasteiger partial charge >= 0.3 is 0 Å². The molecule has 1 amide bonds. The average Bonchev–Trinajstić information content (AvgIpc) is 2.48. The van der Waals surface area contributed by atoms with Gasteiger partial charge in [0.2, 0.25) is 5.91 Å². The number of carbonyl (C=O) groups is 1. The highest BCUT2D eigenvalue weighted by Gasteiger charge is 2.07. The number of nitrogens with one attached hydrogen (secondary N) is 2. The minimum absolute atomic E-state index is 0.162. The van der Waals surface area contributed by atoms with Gasteiger partial charge in [-0.2, -0.15) is 0 Å². The summed E-state index contributed by atoms with van der Waals surface area (Å²) in [5.74, 6) is -0.162. The standard InChI is InChI=1S/C16H16Cl2N2O/c1-2-11-5-3-4-6-14(11)19-10-16(21)20-15-8-7-12(17)9-13(15)18/h3-9,19H,2,10H2,1H3,(H,20,21). The predicted octanol–water partition coefficient (Wildman–Crippen LogP) is 4.61. The summed E-state index contributed by atoms with van der Waals surface area (Å²) < 4.78 is 0. The average molecular weight is 323 g/mol. The first-order valence-corrected chi connectivity index (χ1v) is 7.42. The Balaban J connectivity index is 1.96. The van der Waals surface area contributed by atoms with Crippen molar-refractivity contribution in [2.45, 2.75) is 13.3 Å². The van der Waals surface area contributed by atoms with Gasteiger partial charge in [-0.25, -0.2) is 0 Å². The Morgan fingerprint density at radius 2 is 1.86 bits per heavy atom. The van der Waals surface area contributed by atoms with Gasteiger partial charge in [0.15, 0.2) is 0 Å². The molecule has 3 nitrogen and oxygen atoms in total. The van der Waals surface area contributed by atoms with E-state index in [0.29, 0.717) is 15.7 Å². The zero-order chi connectivity index (χ0) is 15.2. The van der Waals surface area contributed by atoms with Crippen molar-refractivity contribution in [1.82, 2.24) is 0 Å². The topological polar surface area (TPSA) is 41.1 Å². The van der Waals surface area contributed by atoms with Crippen LogP contribution in [0.5, 0.6) is 0 Å². The van der Waals surface area contributed by atoms with E-state index in [1.54, 1.807) is 18.2 Å². The van der Waals surface area contributed by atoms with Crippen molar-refractivity contribution in [3.63, 3.8) is 0 Å². The fourth-order valence-electron chi connectivity index (χ4n) is 1.96. The molecule has 0 saturated heterocycles. The lowest BCUT2D eigenvalue weighted by Crippen LogP contribution is -2.22. The SMILES string of the molecule is CCc1ccccc1NCC(=O)Nc1ccc(Cl)cc1Cl. The molecule has 0 aliphatic carbocycles. The van der Waals surface area contributed by atoms with Crippen LogP contribution in [-0.4, -0.2) is 12.5 Å². The first-order valence-electron chi connectivity index (χ1n) is 6.67. The third-order valence-corrected chi connectivity index (χ3v) is 3.59. The van der Waals surface area contributed by atoms with Crippen LogP contribution in [0.4, 0.5) is 11.4 Å². The van der Waals surface area contributed by atoms with Crippen LogP contribution in [0, 0.1) is 0 Å². The maximum absolute atomic E-state index is 12.0. The summed E-state index contributed by atoms with van der Waals surface area (Å²) in [5, 5.41) is 6.84. The Morgan fingerprint density at radius 3 is 2.57 bits per heavy atom. The molecule has 2 aromatic carbocycles. The van der Waals surface area contributed by atoms with Crippen LogP contribution in [0.3, 0.4) is 0 Å². The number of hydrogen-bond donors (Lipinski definition) is 2. The van der Waals surface area contributed by atoms with Gasteiger partial charge in [0.1, 0.15) is 0 Å². The molecule has 0 saturated carbocycles. The van der Waals surface area contributed by atoms with E-state index in [1.807, 2.05) is 24.3 Å². The molecule has 0 unspecified atom stereocenters. The maximum Gasteiger partial charge on any atom is 0.243 e. The molecular weight excluding hydrogens is 307 g/mol. The van der Waals surface area contributed by atoms with Crippen molar-refractivity contribution >= 4 is 40.5 Å². The minimum Gasteiger partial charge on any atom is -0.376 e. The molecule has 2 rings (SSSR count). The highest BCUT2D eigenvalue weighted by Crippen LogP contribution is 2.25. The third-order valence-electron chi connectivity index (χ3n) is 3.04. The molecule has 0 aromatic heterocycles. The lowest BCUT2D eigenvalue weighted by molar-refractivity contribution is -0.114. The van der Waals surface area contributed by atoms with Gasteiger partial charge < -0.3 is 10.6 Å². The summed E-state index contributed by atoms with van der Waals surface area (Å²) in [7, 11) is 0. The number of carbonyl (C=O) groups excluding carboxylic acids is 1. The molecule has 0 radical (unpaired) electrons. The van der Waals surface area contributed by atoms with Crippen LogP contribution in [0.25, 0.3) is 0 Å². The van der Waals surface area contributed by atoms with Gasteiger partial charge in [0, 0.05) is 10.7 Å². The van der Waals surface area contributed by atoms with Gasteiger partial charge in [-0.15, -0.1) is 0 Å². The van der Waals surface area contributed by atoms with Crippen molar-refractivity contribution < 1.29 is 4.79 Å². The van der Waals surface area contributed by atoms with Crippen molar-refractivity contribution in [2.75, 3.05) is 17.2 Å². The van der Waals surface area contributed by atoms with E-state index in [2.05, 4.69) is 17.6 Å². The molecule has 21 heavy (non-hydrogen) atoms. The molecule has 0 aliphatic heterocycles. The van der Waals surface area contributed by atoms with E-state index in [0.717, 1.165) is 12.1 Å². The second-order valence-corrected chi connectivity index (χ2v) is 5.38. The van der Waals surface area contributed by atoms with E-state index in [1.165, 1.54) is 5.56 Å². The number of benzene rings is 2. The Labute approximate surface area is 134 Å². The number of rotatable bonds is 5. The van der Waals surface area contributed by atoms with Gasteiger partial charge in [-0.1, -0.05) is 48.3 Å². The van der Waals surface area contributed by atoms with Gasteiger partial charge in [0.05, 0.1) is 17.3 Å². The van der Waals surface area contributed by atoms with Crippen LogP contribution in [-0.2, 0) is 11.2 Å². The Hall–Kier alpha value is -1.71. The number of aryl methyl sites for hydroxylation is 1. The monoisotopic (exact) mass is 322 g/mol. The highest BCUT2D eigenvalue weighted by atomic mass is 35.5. The first kappa shape index (κ1) is 15.7. The van der Waals surface area contributed by atoms with Crippen LogP contribution in [0.15, 0.2) is 42.5 Å². The lowest BCUT2D eigenvalue weighted by atomic mass is 10.1. The molecule has 0 heterocycles. The summed E-state index contributed by atoms with van der Waals surface area (Å²) in [6.07, 6.45) is 0.911. The summed E-state index contributed by atoms with van der Waals surface area (Å²) in [4.78, 5) is 12.0. The largest absolute Gasteiger partial charge is 0.376 e. The van der Waals surface area contributed by atoms with E-state index < -0.39 is 0 Å². The number of anilines is 2. The van der Waals surface area contributed by atoms with E-state index in [-0.39, 0.29) is 12.5 Å². The predicted molar refractivity (Wildman–Crippen MR) is 89.4 cm³/mol. The maximum atomic E-state index is 12.0. The number of hydrogen-bond acceptors (Lipinski definition) is 2. The minimum atomic E-state index is -0.162. The third kappa shape index (κ3) is 4.38. The molecule has 2 N–H and O–H groups in total. The van der Waals surface area contributed by atoms with Crippen molar-refractivity contribution in [3.8, 4) is 0 Å². The number of halogens is 2. The van der Waals surface area contributed by atoms with Gasteiger partial charge in [-0.3, -0.25) is 4.79 Å². The molecule has 5 heteroatoms. The van der Waals surface area contributed by atoms with Gasteiger partial charge in [0.25, 0.3) is 0 Å². The summed E-state index contributed by atoms with van der Waals surface area (Å²) in [6.45, 7) is 2.25. The molecule has 0 fully saturated rings. The fraction of sp³-hybridized carbons (Fsp3) is 0.188. The van der Waals surface area contributed by atoms with E-state index >= 15 is 0 Å². The molecule has 0 aliphatic rings. The molecule has 0 atom stereocenters. The summed E-state index contributed by atoms with van der Waals surface area (Å²) in [6, 6.07) is 12.9. The fourth-order valence-corrected chi connectivity index (χ4v) is 2.42. The number of amides is 1. The molecular formula is C16H16Cl2N2O. The molecule has 0 bridgehead atoms. The number of para-hydroxylation sites is 1. The molecule has 110 valence electrons. The van der Waals surface area contributed by atoms with E-state index in [4.69, 9.17) is 23.2 Å². The van der Waals surface area contributed by atoms with Crippen molar-refractivity contribution in [1.29, 1.82) is 0 Å². The smallest absolute Gasteiger partial charge is 0.243 e. The first-order chi connectivity index (χ1) is 10.1. The Kier molecular flexibility index (Phi) is 5.48. The normalized spacial score (nSPS) is 10.2. The second-order valence-electron chi connectivity index (χ2n) is 4.54. The zero-order valence-electron chi connectivity index (χ0n) is 11.6. The van der Waals surface area contributed by atoms with Crippen LogP contribution in [0.2, 0.25) is 10.0 Å².